The molecular weight excluding hydrogens is 289 g/mol. The van der Waals surface area contributed by atoms with Crippen molar-refractivity contribution >= 4 is 21.7 Å². The van der Waals surface area contributed by atoms with E-state index < -0.39 is 5.82 Å². The summed E-state index contributed by atoms with van der Waals surface area (Å²) in [6, 6.07) is 4.20. The molecular formula is C11H9BrFN3O. The van der Waals surface area contributed by atoms with E-state index in [0.717, 1.165) is 0 Å². The maximum Gasteiger partial charge on any atom is 0.213 e. The largest absolute Gasteiger partial charge is 0.287 e. The van der Waals surface area contributed by atoms with Crippen molar-refractivity contribution in [2.24, 2.45) is 7.05 Å². The summed E-state index contributed by atoms with van der Waals surface area (Å²) >= 11 is 3.14. The number of ketones is 1. The molecule has 4 nitrogen and oxygen atoms in total. The predicted octanol–water partition coefficient (Wildman–Crippen LogP) is 2.26. The number of aryl methyl sites for hydroxylation is 2. The van der Waals surface area contributed by atoms with Crippen LogP contribution in [0.15, 0.2) is 22.8 Å². The van der Waals surface area contributed by atoms with E-state index in [1.165, 1.54) is 16.8 Å². The van der Waals surface area contributed by atoms with Crippen LogP contribution < -0.4 is 0 Å². The summed E-state index contributed by atoms with van der Waals surface area (Å²) in [6.45, 7) is 1.73. The highest BCUT2D eigenvalue weighted by molar-refractivity contribution is 9.10. The highest BCUT2D eigenvalue weighted by Gasteiger charge is 2.19. The average molecular weight is 298 g/mol. The van der Waals surface area contributed by atoms with Crippen LogP contribution in [0.1, 0.15) is 21.6 Å². The summed E-state index contributed by atoms with van der Waals surface area (Å²) in [5.41, 5.74) is 1.28. The molecule has 0 fully saturated rings. The molecule has 1 aromatic heterocycles. The SMILES string of the molecule is Cc1cc(F)cc(C(=O)c2c(Br)nnn2C)c1. The maximum absolute atomic E-state index is 13.2. The van der Waals surface area contributed by atoms with Crippen LogP contribution in [0.25, 0.3) is 0 Å². The van der Waals surface area contributed by atoms with Crippen LogP contribution in [0.2, 0.25) is 0 Å². The monoisotopic (exact) mass is 297 g/mol. The molecule has 1 aromatic carbocycles. The predicted molar refractivity (Wildman–Crippen MR) is 63.3 cm³/mol. The Bertz CT molecular complexity index is 555. The van der Waals surface area contributed by atoms with Crippen molar-refractivity contribution in [2.45, 2.75) is 6.92 Å². The van der Waals surface area contributed by atoms with E-state index in [-0.39, 0.29) is 11.3 Å². The second-order valence-corrected chi connectivity index (χ2v) is 4.45. The van der Waals surface area contributed by atoms with Gasteiger partial charge in [0, 0.05) is 12.6 Å². The van der Waals surface area contributed by atoms with Gasteiger partial charge >= 0.3 is 0 Å². The fourth-order valence-electron chi connectivity index (χ4n) is 1.58. The van der Waals surface area contributed by atoms with Gasteiger partial charge in [-0.05, 0) is 46.6 Å². The normalized spacial score (nSPS) is 10.6. The number of carbonyl (C=O) groups excluding carboxylic acids is 1. The van der Waals surface area contributed by atoms with Gasteiger partial charge in [-0.3, -0.25) is 4.79 Å². The van der Waals surface area contributed by atoms with Crippen LogP contribution in [-0.4, -0.2) is 20.8 Å². The Balaban J connectivity index is 2.51. The molecule has 2 aromatic rings. The van der Waals surface area contributed by atoms with Crippen molar-refractivity contribution in [3.05, 3.63) is 45.4 Å². The first-order valence-corrected chi connectivity index (χ1v) is 5.65. The van der Waals surface area contributed by atoms with Gasteiger partial charge in [-0.2, -0.15) is 0 Å². The van der Waals surface area contributed by atoms with Crippen LogP contribution in [0.5, 0.6) is 0 Å². The van der Waals surface area contributed by atoms with Crippen LogP contribution in [0, 0.1) is 12.7 Å². The lowest BCUT2D eigenvalue weighted by atomic mass is 10.1. The molecule has 0 saturated heterocycles. The van der Waals surface area contributed by atoms with Gasteiger partial charge in [0.1, 0.15) is 11.5 Å². The van der Waals surface area contributed by atoms with Crippen molar-refractivity contribution in [2.75, 3.05) is 0 Å². The second kappa shape index (κ2) is 4.37. The maximum atomic E-state index is 13.2. The van der Waals surface area contributed by atoms with Gasteiger partial charge in [0.05, 0.1) is 0 Å². The summed E-state index contributed by atoms with van der Waals surface area (Å²) < 4.78 is 14.9. The van der Waals surface area contributed by atoms with Gasteiger partial charge in [-0.1, -0.05) is 5.21 Å². The molecule has 0 aliphatic carbocycles. The fraction of sp³-hybridized carbons (Fsp3) is 0.182. The van der Waals surface area contributed by atoms with E-state index in [4.69, 9.17) is 0 Å². The first-order valence-electron chi connectivity index (χ1n) is 4.86. The minimum atomic E-state index is -0.431. The zero-order chi connectivity index (χ0) is 12.6. The molecule has 0 aliphatic rings. The van der Waals surface area contributed by atoms with E-state index in [0.29, 0.717) is 15.9 Å². The smallest absolute Gasteiger partial charge is 0.213 e. The van der Waals surface area contributed by atoms with Crippen LogP contribution in [0.3, 0.4) is 0 Å². The molecule has 2 rings (SSSR count). The number of rotatable bonds is 2. The molecule has 0 aliphatic heterocycles. The number of nitrogens with zero attached hydrogens (tertiary/aromatic N) is 3. The Labute approximate surface area is 106 Å². The molecule has 0 bridgehead atoms. The number of carbonyl (C=O) groups is 1. The summed E-state index contributed by atoms with van der Waals surface area (Å²) in [6.07, 6.45) is 0. The van der Waals surface area contributed by atoms with Crippen molar-refractivity contribution < 1.29 is 9.18 Å². The number of benzene rings is 1. The minimum Gasteiger partial charge on any atom is -0.287 e. The summed E-state index contributed by atoms with van der Waals surface area (Å²) in [4.78, 5) is 12.2. The summed E-state index contributed by atoms with van der Waals surface area (Å²) in [5, 5.41) is 7.44. The highest BCUT2D eigenvalue weighted by Crippen LogP contribution is 2.18. The Morgan fingerprint density at radius 1 is 1.41 bits per heavy atom. The van der Waals surface area contributed by atoms with E-state index in [9.17, 15) is 9.18 Å². The molecule has 17 heavy (non-hydrogen) atoms. The van der Waals surface area contributed by atoms with Gasteiger partial charge in [-0.15, -0.1) is 5.10 Å². The number of halogens is 2. The molecule has 0 N–H and O–H groups in total. The molecule has 0 atom stereocenters. The van der Waals surface area contributed by atoms with Crippen LogP contribution in [-0.2, 0) is 7.05 Å². The Kier molecular flexibility index (Phi) is 3.06. The highest BCUT2D eigenvalue weighted by atomic mass is 79.9. The van der Waals surface area contributed by atoms with Crippen LogP contribution >= 0.6 is 15.9 Å². The van der Waals surface area contributed by atoms with E-state index in [1.54, 1.807) is 20.0 Å². The van der Waals surface area contributed by atoms with Gasteiger partial charge < -0.3 is 0 Å². The van der Waals surface area contributed by atoms with Gasteiger partial charge in [0.25, 0.3) is 0 Å². The Hall–Kier alpha value is -1.56. The zero-order valence-corrected chi connectivity index (χ0v) is 10.8. The molecule has 6 heteroatoms. The number of aromatic nitrogens is 3. The molecule has 0 spiro atoms. The number of hydrogen-bond acceptors (Lipinski definition) is 3. The van der Waals surface area contributed by atoms with Crippen LogP contribution in [0.4, 0.5) is 4.39 Å². The summed E-state index contributed by atoms with van der Waals surface area (Å²) in [5.74, 6) is -0.744. The molecule has 0 radical (unpaired) electrons. The van der Waals surface area contributed by atoms with E-state index in [2.05, 4.69) is 26.2 Å². The van der Waals surface area contributed by atoms with Crippen molar-refractivity contribution in [1.82, 2.24) is 15.0 Å². The first-order chi connectivity index (χ1) is 7.99. The third kappa shape index (κ3) is 2.26. The van der Waals surface area contributed by atoms with E-state index in [1.807, 2.05) is 0 Å². The molecule has 0 unspecified atom stereocenters. The van der Waals surface area contributed by atoms with Gasteiger partial charge in [0.2, 0.25) is 5.78 Å². The summed E-state index contributed by atoms with van der Waals surface area (Å²) in [7, 11) is 1.61. The number of hydrogen-bond donors (Lipinski definition) is 0. The lowest BCUT2D eigenvalue weighted by Crippen LogP contribution is -2.09. The van der Waals surface area contributed by atoms with E-state index >= 15 is 0 Å². The van der Waals surface area contributed by atoms with Crippen molar-refractivity contribution in [3.8, 4) is 0 Å². The Morgan fingerprint density at radius 2 is 2.12 bits per heavy atom. The first kappa shape index (κ1) is 11.9. The molecule has 0 amide bonds. The topological polar surface area (TPSA) is 47.8 Å². The van der Waals surface area contributed by atoms with Gasteiger partial charge in [0.15, 0.2) is 4.60 Å². The Morgan fingerprint density at radius 3 is 2.65 bits per heavy atom. The van der Waals surface area contributed by atoms with Crippen molar-refractivity contribution in [1.29, 1.82) is 0 Å². The third-order valence-electron chi connectivity index (χ3n) is 2.31. The minimum absolute atomic E-state index is 0.286. The standard InChI is InChI=1S/C11H9BrFN3O/c1-6-3-7(5-8(13)4-6)10(17)9-11(12)14-15-16(9)2/h3-5H,1-2H3. The lowest BCUT2D eigenvalue weighted by molar-refractivity contribution is 0.102. The zero-order valence-electron chi connectivity index (χ0n) is 9.24. The average Bonchev–Trinajstić information content (AvgIpc) is 2.56. The van der Waals surface area contributed by atoms with Crippen molar-refractivity contribution in [3.63, 3.8) is 0 Å². The van der Waals surface area contributed by atoms with Gasteiger partial charge in [-0.25, -0.2) is 9.07 Å². The molecule has 1 heterocycles. The third-order valence-corrected chi connectivity index (χ3v) is 2.84. The quantitative estimate of drug-likeness (QED) is 0.799. The molecule has 0 saturated carbocycles. The lowest BCUT2D eigenvalue weighted by Gasteiger charge is -2.03. The fourth-order valence-corrected chi connectivity index (χ4v) is 2.08. The molecule has 88 valence electrons. The second-order valence-electron chi connectivity index (χ2n) is 3.70.